The molecule has 24 heavy (non-hydrogen) atoms. The Labute approximate surface area is 152 Å². The highest BCUT2D eigenvalue weighted by Gasteiger charge is 2.30. The van der Waals surface area contributed by atoms with Crippen LogP contribution >= 0.6 is 23.2 Å². The third-order valence-corrected chi connectivity index (χ3v) is 4.83. The number of likely N-dealkylation sites (tertiary alicyclic amines) is 1. The Morgan fingerprint density at radius 1 is 1.33 bits per heavy atom. The van der Waals surface area contributed by atoms with Crippen LogP contribution in [0.25, 0.3) is 0 Å². The van der Waals surface area contributed by atoms with Crippen LogP contribution < -0.4 is 5.32 Å². The summed E-state index contributed by atoms with van der Waals surface area (Å²) in [6.07, 6.45) is 1.41. The Morgan fingerprint density at radius 2 is 2.00 bits per heavy atom. The van der Waals surface area contributed by atoms with Crippen LogP contribution in [0.2, 0.25) is 10.0 Å². The number of carbonyl (C=O) groups is 2. The Hall–Kier alpha value is -1.30. The monoisotopic (exact) mass is 372 g/mol. The molecule has 1 amide bonds. The van der Waals surface area contributed by atoms with E-state index >= 15 is 0 Å². The van der Waals surface area contributed by atoms with Gasteiger partial charge in [-0.05, 0) is 58.0 Å². The SMILES string of the molecule is CCOC(=O)C1CCN(C(C)C(=O)Nc2cc(Cl)ccc2Cl)CC1. The molecule has 1 fully saturated rings. The van der Waals surface area contributed by atoms with E-state index < -0.39 is 0 Å². The van der Waals surface area contributed by atoms with Crippen LogP contribution in [-0.2, 0) is 14.3 Å². The van der Waals surface area contributed by atoms with Crippen molar-refractivity contribution < 1.29 is 14.3 Å². The maximum absolute atomic E-state index is 12.4. The first-order valence-corrected chi connectivity index (χ1v) is 8.84. The molecule has 0 radical (unpaired) electrons. The van der Waals surface area contributed by atoms with Crippen molar-refractivity contribution in [3.8, 4) is 0 Å². The van der Waals surface area contributed by atoms with Gasteiger partial charge in [0.15, 0.2) is 0 Å². The maximum atomic E-state index is 12.4. The summed E-state index contributed by atoms with van der Waals surface area (Å²) in [5.41, 5.74) is 0.502. The molecular weight excluding hydrogens is 351 g/mol. The van der Waals surface area contributed by atoms with E-state index in [0.29, 0.717) is 48.3 Å². The van der Waals surface area contributed by atoms with Gasteiger partial charge in [-0.15, -0.1) is 0 Å². The van der Waals surface area contributed by atoms with Crippen molar-refractivity contribution in [2.45, 2.75) is 32.7 Å². The number of carbonyl (C=O) groups excluding carboxylic acids is 2. The minimum Gasteiger partial charge on any atom is -0.466 e. The van der Waals surface area contributed by atoms with Crippen LogP contribution in [-0.4, -0.2) is 42.5 Å². The van der Waals surface area contributed by atoms with Gasteiger partial charge in [-0.3, -0.25) is 14.5 Å². The van der Waals surface area contributed by atoms with E-state index in [9.17, 15) is 9.59 Å². The quantitative estimate of drug-likeness (QED) is 0.802. The van der Waals surface area contributed by atoms with Gasteiger partial charge in [-0.2, -0.15) is 0 Å². The van der Waals surface area contributed by atoms with Crippen LogP contribution in [0.3, 0.4) is 0 Å². The van der Waals surface area contributed by atoms with Crippen LogP contribution in [0, 0.1) is 5.92 Å². The summed E-state index contributed by atoms with van der Waals surface area (Å²) in [5, 5.41) is 3.77. The lowest BCUT2D eigenvalue weighted by molar-refractivity contribution is -0.149. The van der Waals surface area contributed by atoms with Gasteiger partial charge < -0.3 is 10.1 Å². The Balaban J connectivity index is 1.90. The first-order valence-electron chi connectivity index (χ1n) is 8.09. The van der Waals surface area contributed by atoms with Crippen LogP contribution in [0.4, 0.5) is 5.69 Å². The van der Waals surface area contributed by atoms with Crippen molar-refractivity contribution >= 4 is 40.8 Å². The predicted octanol–water partition coefficient (Wildman–Crippen LogP) is 3.60. The van der Waals surface area contributed by atoms with Gasteiger partial charge in [0.2, 0.25) is 5.91 Å². The number of esters is 1. The molecule has 0 aliphatic carbocycles. The third kappa shape index (κ3) is 4.85. The second-order valence-electron chi connectivity index (χ2n) is 5.85. The molecule has 0 saturated carbocycles. The first-order chi connectivity index (χ1) is 11.4. The zero-order valence-electron chi connectivity index (χ0n) is 13.9. The van der Waals surface area contributed by atoms with E-state index in [-0.39, 0.29) is 23.8 Å². The van der Waals surface area contributed by atoms with Gasteiger partial charge in [0.05, 0.1) is 29.3 Å². The number of nitrogens with one attached hydrogen (secondary N) is 1. The van der Waals surface area contributed by atoms with E-state index in [2.05, 4.69) is 10.2 Å². The molecule has 2 rings (SSSR count). The molecular formula is C17H22Cl2N2O3. The van der Waals surface area contributed by atoms with Crippen molar-refractivity contribution in [2.24, 2.45) is 5.92 Å². The molecule has 1 atom stereocenters. The number of piperidine rings is 1. The average Bonchev–Trinajstić information content (AvgIpc) is 2.57. The molecule has 1 heterocycles. The molecule has 1 aliphatic rings. The van der Waals surface area contributed by atoms with E-state index in [1.54, 1.807) is 25.1 Å². The average molecular weight is 373 g/mol. The van der Waals surface area contributed by atoms with Crippen LogP contribution in [0.1, 0.15) is 26.7 Å². The van der Waals surface area contributed by atoms with Crippen molar-refractivity contribution in [3.05, 3.63) is 28.2 Å². The van der Waals surface area contributed by atoms with E-state index in [4.69, 9.17) is 27.9 Å². The largest absolute Gasteiger partial charge is 0.466 e. The van der Waals surface area contributed by atoms with Crippen molar-refractivity contribution in [1.29, 1.82) is 0 Å². The summed E-state index contributed by atoms with van der Waals surface area (Å²) in [6, 6.07) is 4.63. The number of halogens is 2. The lowest BCUT2D eigenvalue weighted by Gasteiger charge is -2.34. The zero-order valence-corrected chi connectivity index (χ0v) is 15.4. The number of rotatable bonds is 5. The molecule has 0 spiro atoms. The summed E-state index contributed by atoms with van der Waals surface area (Å²) in [6.45, 7) is 5.42. The second kappa shape index (κ2) is 8.70. The number of benzene rings is 1. The Morgan fingerprint density at radius 3 is 2.62 bits per heavy atom. The number of hydrogen-bond acceptors (Lipinski definition) is 4. The maximum Gasteiger partial charge on any atom is 0.309 e. The lowest BCUT2D eigenvalue weighted by atomic mass is 9.96. The van der Waals surface area contributed by atoms with Crippen LogP contribution in [0.15, 0.2) is 18.2 Å². The number of nitrogens with zero attached hydrogens (tertiary/aromatic N) is 1. The smallest absolute Gasteiger partial charge is 0.309 e. The first kappa shape index (κ1) is 19.0. The summed E-state index contributed by atoms with van der Waals surface area (Å²) < 4.78 is 5.06. The van der Waals surface area contributed by atoms with E-state index in [1.807, 2.05) is 6.92 Å². The van der Waals surface area contributed by atoms with Gasteiger partial charge in [0.1, 0.15) is 0 Å². The normalized spacial score (nSPS) is 17.3. The molecule has 132 valence electrons. The molecule has 0 bridgehead atoms. The minimum absolute atomic E-state index is 0.0705. The number of amides is 1. The standard InChI is InChI=1S/C17H22Cl2N2O3/c1-3-24-17(23)12-6-8-21(9-7-12)11(2)16(22)20-15-10-13(18)4-5-14(15)19/h4-5,10-12H,3,6-9H2,1-2H3,(H,20,22). The highest BCUT2D eigenvalue weighted by Crippen LogP contribution is 2.26. The van der Waals surface area contributed by atoms with Crippen molar-refractivity contribution in [3.63, 3.8) is 0 Å². The van der Waals surface area contributed by atoms with E-state index in [1.165, 1.54) is 0 Å². The summed E-state index contributed by atoms with van der Waals surface area (Å²) >= 11 is 12.0. The minimum atomic E-state index is -0.316. The molecule has 1 aromatic carbocycles. The molecule has 5 nitrogen and oxygen atoms in total. The summed E-state index contributed by atoms with van der Waals surface area (Å²) in [4.78, 5) is 26.3. The van der Waals surface area contributed by atoms with Gasteiger partial charge in [-0.25, -0.2) is 0 Å². The number of anilines is 1. The molecule has 0 aromatic heterocycles. The number of hydrogen-bond donors (Lipinski definition) is 1. The third-order valence-electron chi connectivity index (χ3n) is 4.26. The summed E-state index contributed by atoms with van der Waals surface area (Å²) in [7, 11) is 0. The van der Waals surface area contributed by atoms with Gasteiger partial charge >= 0.3 is 5.97 Å². The predicted molar refractivity (Wildman–Crippen MR) is 95.5 cm³/mol. The highest BCUT2D eigenvalue weighted by atomic mass is 35.5. The number of ether oxygens (including phenoxy) is 1. The lowest BCUT2D eigenvalue weighted by Crippen LogP contribution is -2.47. The van der Waals surface area contributed by atoms with Gasteiger partial charge in [-0.1, -0.05) is 23.2 Å². The molecule has 1 aliphatic heterocycles. The zero-order chi connectivity index (χ0) is 17.7. The molecule has 1 saturated heterocycles. The fourth-order valence-electron chi connectivity index (χ4n) is 2.78. The Kier molecular flexibility index (Phi) is 6.90. The van der Waals surface area contributed by atoms with E-state index in [0.717, 1.165) is 0 Å². The fraction of sp³-hybridized carbons (Fsp3) is 0.529. The molecule has 7 heteroatoms. The second-order valence-corrected chi connectivity index (χ2v) is 6.70. The fourth-order valence-corrected chi connectivity index (χ4v) is 3.12. The van der Waals surface area contributed by atoms with Gasteiger partial charge in [0.25, 0.3) is 0 Å². The Bertz CT molecular complexity index is 601. The van der Waals surface area contributed by atoms with Crippen molar-refractivity contribution in [1.82, 2.24) is 4.90 Å². The highest BCUT2D eigenvalue weighted by molar-refractivity contribution is 6.35. The molecule has 1 aromatic rings. The van der Waals surface area contributed by atoms with Gasteiger partial charge in [0, 0.05) is 5.02 Å². The van der Waals surface area contributed by atoms with Crippen molar-refractivity contribution in [2.75, 3.05) is 25.0 Å². The molecule has 1 unspecified atom stereocenters. The van der Waals surface area contributed by atoms with Crippen LogP contribution in [0.5, 0.6) is 0 Å². The molecule has 1 N–H and O–H groups in total. The summed E-state index contributed by atoms with van der Waals surface area (Å²) in [5.74, 6) is -0.354. The topological polar surface area (TPSA) is 58.6 Å².